The number of thiazole rings is 1. The van der Waals surface area contributed by atoms with Crippen LogP contribution in [0.15, 0.2) is 76.0 Å². The Balaban J connectivity index is 1.61. The number of fused-ring (bicyclic) bond motifs is 3. The number of aryl methyl sites for hydroxylation is 1. The lowest BCUT2D eigenvalue weighted by Crippen LogP contribution is -2.38. The van der Waals surface area contributed by atoms with Crippen LogP contribution in [0.2, 0.25) is 0 Å². The number of ether oxygens (including phenoxy) is 1. The standard InChI is InChI=1S/C28H20FIN2O3S/c1-35-22-12-15(11-21(30)26(22)33)13-23-27(34)32-25(17-6-4-7-18(29)14-17)20-10-9-16-5-2-3-8-19(16)24(20)31-28(32)36-23/h2-8,11-14,25,33H,9-10H2,1H3/b23-13-. The van der Waals surface area contributed by atoms with Gasteiger partial charge in [0.2, 0.25) is 0 Å². The lowest BCUT2D eigenvalue weighted by atomic mass is 9.83. The Hall–Kier alpha value is -3.24. The van der Waals surface area contributed by atoms with Crippen LogP contribution in [0.3, 0.4) is 0 Å². The molecule has 5 nitrogen and oxygen atoms in total. The summed E-state index contributed by atoms with van der Waals surface area (Å²) < 4.78 is 22.4. The van der Waals surface area contributed by atoms with E-state index < -0.39 is 6.04 Å². The molecule has 8 heteroatoms. The van der Waals surface area contributed by atoms with Crippen LogP contribution in [-0.4, -0.2) is 16.8 Å². The van der Waals surface area contributed by atoms with Crippen molar-refractivity contribution in [3.63, 3.8) is 0 Å². The Morgan fingerprint density at radius 3 is 2.81 bits per heavy atom. The number of hydrogen-bond acceptors (Lipinski definition) is 5. The minimum absolute atomic E-state index is 0.0640. The molecule has 0 fully saturated rings. The summed E-state index contributed by atoms with van der Waals surface area (Å²) in [5.74, 6) is 0.0653. The van der Waals surface area contributed by atoms with E-state index >= 15 is 0 Å². The molecule has 1 unspecified atom stereocenters. The average Bonchev–Trinajstić information content (AvgIpc) is 3.19. The number of allylic oxidation sites excluding steroid dienone is 1. The number of phenols is 1. The van der Waals surface area contributed by atoms with Gasteiger partial charge in [-0.1, -0.05) is 47.7 Å². The minimum Gasteiger partial charge on any atom is -0.504 e. The number of halogens is 2. The maximum atomic E-state index is 14.3. The molecule has 6 rings (SSSR count). The zero-order valence-electron chi connectivity index (χ0n) is 19.2. The summed E-state index contributed by atoms with van der Waals surface area (Å²) in [7, 11) is 1.49. The van der Waals surface area contributed by atoms with Crippen molar-refractivity contribution < 1.29 is 14.2 Å². The molecule has 1 aromatic heterocycles. The summed E-state index contributed by atoms with van der Waals surface area (Å²) >= 11 is 3.34. The van der Waals surface area contributed by atoms with E-state index in [-0.39, 0.29) is 17.1 Å². The van der Waals surface area contributed by atoms with E-state index in [0.717, 1.165) is 40.8 Å². The predicted octanol–water partition coefficient (Wildman–Crippen LogP) is 4.78. The van der Waals surface area contributed by atoms with Crippen LogP contribution in [0.25, 0.3) is 11.8 Å². The molecule has 180 valence electrons. The summed E-state index contributed by atoms with van der Waals surface area (Å²) in [4.78, 5) is 19.4. The number of aromatic nitrogens is 1. The van der Waals surface area contributed by atoms with Crippen molar-refractivity contribution >= 4 is 45.7 Å². The van der Waals surface area contributed by atoms with Crippen molar-refractivity contribution in [1.29, 1.82) is 0 Å². The first-order valence-corrected chi connectivity index (χ1v) is 13.3. The largest absolute Gasteiger partial charge is 0.504 e. The molecule has 0 amide bonds. The van der Waals surface area contributed by atoms with E-state index in [2.05, 4.69) is 12.1 Å². The predicted molar refractivity (Wildman–Crippen MR) is 147 cm³/mol. The lowest BCUT2D eigenvalue weighted by molar-refractivity contribution is 0.371. The summed E-state index contributed by atoms with van der Waals surface area (Å²) in [5.41, 5.74) is 5.47. The smallest absolute Gasteiger partial charge is 0.271 e. The van der Waals surface area contributed by atoms with E-state index in [1.165, 1.54) is 36.1 Å². The van der Waals surface area contributed by atoms with E-state index in [0.29, 0.717) is 18.7 Å². The molecule has 0 radical (unpaired) electrons. The molecule has 4 aromatic rings. The van der Waals surface area contributed by atoms with Gasteiger partial charge in [-0.25, -0.2) is 9.38 Å². The van der Waals surface area contributed by atoms with Gasteiger partial charge in [0.05, 0.1) is 27.0 Å². The zero-order chi connectivity index (χ0) is 25.0. The van der Waals surface area contributed by atoms with Crippen LogP contribution >= 0.6 is 33.9 Å². The summed E-state index contributed by atoms with van der Waals surface area (Å²) in [6.45, 7) is 0. The van der Waals surface area contributed by atoms with E-state index in [9.17, 15) is 14.3 Å². The molecular weight excluding hydrogens is 590 g/mol. The fourth-order valence-corrected chi connectivity index (χ4v) is 6.61. The van der Waals surface area contributed by atoms with Gasteiger partial charge in [0, 0.05) is 5.56 Å². The van der Waals surface area contributed by atoms with Crippen LogP contribution in [0, 0.1) is 9.39 Å². The minimum atomic E-state index is -0.433. The Labute approximate surface area is 223 Å². The van der Waals surface area contributed by atoms with E-state index in [1.54, 1.807) is 28.8 Å². The van der Waals surface area contributed by atoms with Crippen molar-refractivity contribution in [2.75, 3.05) is 7.11 Å². The number of methoxy groups -OCH3 is 1. The van der Waals surface area contributed by atoms with Crippen LogP contribution in [0.1, 0.15) is 34.7 Å². The monoisotopic (exact) mass is 610 g/mol. The Bertz CT molecular complexity index is 1760. The Morgan fingerprint density at radius 2 is 2.00 bits per heavy atom. The number of nitrogens with zero attached hydrogens (tertiary/aromatic N) is 2. The first-order chi connectivity index (χ1) is 17.4. The number of aromatic hydroxyl groups is 1. The average molecular weight is 610 g/mol. The van der Waals surface area contributed by atoms with Gasteiger partial charge in [0.1, 0.15) is 5.82 Å². The highest BCUT2D eigenvalue weighted by Gasteiger charge is 2.32. The molecule has 36 heavy (non-hydrogen) atoms. The van der Waals surface area contributed by atoms with Gasteiger partial charge < -0.3 is 9.84 Å². The number of benzene rings is 3. The quantitative estimate of drug-likeness (QED) is 0.340. The fourth-order valence-electron chi connectivity index (χ4n) is 4.98. The van der Waals surface area contributed by atoms with Gasteiger partial charge in [-0.05, 0) is 88.0 Å². The molecule has 3 aromatic carbocycles. The second kappa shape index (κ2) is 9.01. The van der Waals surface area contributed by atoms with Crippen molar-refractivity contribution in [1.82, 2.24) is 4.57 Å². The van der Waals surface area contributed by atoms with Gasteiger partial charge >= 0.3 is 0 Å². The molecule has 1 aliphatic carbocycles. The zero-order valence-corrected chi connectivity index (χ0v) is 22.1. The molecule has 0 bridgehead atoms. The first-order valence-electron chi connectivity index (χ1n) is 11.4. The molecule has 0 spiro atoms. The maximum Gasteiger partial charge on any atom is 0.271 e. The number of phenolic OH excluding ortho intramolecular Hbond substituents is 1. The molecule has 0 saturated carbocycles. The normalized spacial score (nSPS) is 16.8. The van der Waals surface area contributed by atoms with Crippen molar-refractivity contribution in [2.45, 2.75) is 18.9 Å². The maximum absolute atomic E-state index is 14.3. The molecule has 2 heterocycles. The van der Waals surface area contributed by atoms with Crippen LogP contribution in [0.4, 0.5) is 4.39 Å². The van der Waals surface area contributed by atoms with Crippen molar-refractivity contribution in [3.05, 3.63) is 118 Å². The van der Waals surface area contributed by atoms with Gasteiger partial charge in [-0.3, -0.25) is 9.36 Å². The Morgan fingerprint density at radius 1 is 1.17 bits per heavy atom. The third-order valence-electron chi connectivity index (χ3n) is 6.61. The second-order valence-corrected chi connectivity index (χ2v) is 10.9. The van der Waals surface area contributed by atoms with Crippen LogP contribution in [0.5, 0.6) is 11.5 Å². The summed E-state index contributed by atoms with van der Waals surface area (Å²) in [5, 5.41) is 10.2. The van der Waals surface area contributed by atoms with Crippen LogP contribution < -0.4 is 19.6 Å². The third-order valence-corrected chi connectivity index (χ3v) is 8.41. The lowest BCUT2D eigenvalue weighted by Gasteiger charge is -2.30. The molecule has 0 saturated heterocycles. The van der Waals surface area contributed by atoms with Gasteiger partial charge in [0.15, 0.2) is 16.3 Å². The molecule has 2 aliphatic rings. The molecular formula is C28H20FIN2O3S. The number of hydrogen-bond donors (Lipinski definition) is 1. The molecule has 1 atom stereocenters. The molecule has 1 N–H and O–H groups in total. The summed E-state index contributed by atoms with van der Waals surface area (Å²) in [6, 6.07) is 17.7. The van der Waals surface area contributed by atoms with Gasteiger partial charge in [-0.15, -0.1) is 0 Å². The number of rotatable bonds is 3. The molecule has 1 aliphatic heterocycles. The van der Waals surface area contributed by atoms with Gasteiger partial charge in [0.25, 0.3) is 5.56 Å². The summed E-state index contributed by atoms with van der Waals surface area (Å²) in [6.07, 6.45) is 3.37. The first kappa shape index (κ1) is 23.2. The second-order valence-electron chi connectivity index (χ2n) is 8.72. The Kier molecular flexibility index (Phi) is 5.80. The highest BCUT2D eigenvalue weighted by molar-refractivity contribution is 14.1. The SMILES string of the molecule is COc1cc(/C=c2\sc3n(c2=O)C(c2cccc(F)c2)C2=C(N=3)c3ccccc3CC2)cc(I)c1O. The van der Waals surface area contributed by atoms with E-state index in [4.69, 9.17) is 9.73 Å². The highest BCUT2D eigenvalue weighted by atomic mass is 127. The topological polar surface area (TPSA) is 63.8 Å². The van der Waals surface area contributed by atoms with Gasteiger partial charge in [-0.2, -0.15) is 0 Å². The van der Waals surface area contributed by atoms with E-state index in [1.807, 2.05) is 40.8 Å². The van der Waals surface area contributed by atoms with Crippen molar-refractivity contribution in [3.8, 4) is 11.5 Å². The van der Waals surface area contributed by atoms with Crippen molar-refractivity contribution in [2.24, 2.45) is 4.99 Å². The highest BCUT2D eigenvalue weighted by Crippen LogP contribution is 2.41. The third kappa shape index (κ3) is 3.79. The fraction of sp³-hybridized carbons (Fsp3) is 0.143. The van der Waals surface area contributed by atoms with Crippen LogP contribution in [-0.2, 0) is 6.42 Å².